The van der Waals surface area contributed by atoms with Crippen LogP contribution in [0.2, 0.25) is 0 Å². The number of benzene rings is 2. The lowest BCUT2D eigenvalue weighted by atomic mass is 9.92. The fraction of sp³-hybridized carbons (Fsp3) is 0.346. The zero-order chi connectivity index (χ0) is 23.9. The molecule has 2 aromatic carbocycles. The van der Waals surface area contributed by atoms with Gasteiger partial charge in [0.1, 0.15) is 11.3 Å². The monoisotopic (exact) mass is 521 g/mol. The minimum absolute atomic E-state index is 0.0841. The van der Waals surface area contributed by atoms with Gasteiger partial charge in [-0.15, -0.1) is 5.10 Å². The van der Waals surface area contributed by atoms with Gasteiger partial charge in [0.05, 0.1) is 18.3 Å². The third-order valence-corrected chi connectivity index (χ3v) is 7.39. The molecular weight excluding hydrogens is 494 g/mol. The largest absolute Gasteiger partial charge is 0.383 e. The number of halogens is 1. The smallest absolute Gasteiger partial charge is 0.227 e. The Morgan fingerprint density at radius 2 is 2.03 bits per heavy atom. The number of amides is 1. The molecule has 1 aliphatic heterocycles. The average molecular weight is 522 g/mol. The quantitative estimate of drug-likeness (QED) is 0.411. The Bertz CT molecular complexity index is 1360. The number of likely N-dealkylation sites (tertiary alicyclic amines) is 1. The summed E-state index contributed by atoms with van der Waals surface area (Å²) in [7, 11) is 0. The van der Waals surface area contributed by atoms with Gasteiger partial charge in [0, 0.05) is 34.7 Å². The van der Waals surface area contributed by atoms with Crippen LogP contribution in [0.25, 0.3) is 16.6 Å². The molecule has 2 aromatic heterocycles. The van der Waals surface area contributed by atoms with E-state index >= 15 is 0 Å². The number of carbonyl (C=O) groups excluding carboxylic acids is 1. The number of para-hydroxylation sites is 1. The molecule has 1 unspecified atom stereocenters. The van der Waals surface area contributed by atoms with Gasteiger partial charge in [-0.05, 0) is 68.0 Å². The fourth-order valence-corrected chi connectivity index (χ4v) is 5.36. The Morgan fingerprint density at radius 1 is 1.18 bits per heavy atom. The van der Waals surface area contributed by atoms with Crippen molar-refractivity contribution in [3.63, 3.8) is 0 Å². The van der Waals surface area contributed by atoms with Crippen LogP contribution in [0.1, 0.15) is 41.6 Å². The summed E-state index contributed by atoms with van der Waals surface area (Å²) in [5, 5.41) is 21.1. The van der Waals surface area contributed by atoms with Gasteiger partial charge in [-0.3, -0.25) is 4.79 Å². The number of H-pyrrole nitrogens is 1. The maximum atomic E-state index is 13.1. The van der Waals surface area contributed by atoms with Crippen molar-refractivity contribution in [1.29, 1.82) is 0 Å². The van der Waals surface area contributed by atoms with Crippen molar-refractivity contribution < 1.29 is 9.90 Å². The Hall–Kier alpha value is -2.97. The lowest BCUT2D eigenvalue weighted by Gasteiger charge is -2.24. The summed E-state index contributed by atoms with van der Waals surface area (Å²) in [6.07, 6.45) is 5.78. The lowest BCUT2D eigenvalue weighted by Crippen LogP contribution is -2.34. The molecule has 3 heterocycles. The van der Waals surface area contributed by atoms with Gasteiger partial charge < -0.3 is 15.0 Å². The molecule has 1 amide bonds. The normalized spacial score (nSPS) is 18.9. The van der Waals surface area contributed by atoms with E-state index in [9.17, 15) is 9.90 Å². The molecule has 1 aliphatic rings. The van der Waals surface area contributed by atoms with E-state index in [-0.39, 0.29) is 5.91 Å². The summed E-state index contributed by atoms with van der Waals surface area (Å²) in [6.45, 7) is 5.19. The first-order chi connectivity index (χ1) is 16.3. The standard InChI is InChI=1S/C26H28BrN5O2/c1-17-5-3-6-21-19(15-28-25(17)21)14-24(33)31-11-4-9-26(34,10-12-31)23-16-32(30-29-23)22-8-7-20(27)13-18(22)2/h3,5-8,13,15-16,28,34H,4,9-12,14H2,1-2H3. The molecule has 7 nitrogen and oxygen atoms in total. The van der Waals surface area contributed by atoms with E-state index in [4.69, 9.17) is 0 Å². The van der Waals surface area contributed by atoms with E-state index in [1.165, 1.54) is 5.56 Å². The minimum atomic E-state index is -1.10. The van der Waals surface area contributed by atoms with Gasteiger partial charge in [0.25, 0.3) is 0 Å². The van der Waals surface area contributed by atoms with E-state index < -0.39 is 5.60 Å². The zero-order valence-electron chi connectivity index (χ0n) is 19.4. The van der Waals surface area contributed by atoms with Crippen molar-refractivity contribution in [2.24, 2.45) is 0 Å². The van der Waals surface area contributed by atoms with Crippen LogP contribution in [-0.4, -0.2) is 49.0 Å². The molecule has 1 saturated heterocycles. The fourth-order valence-electron chi connectivity index (χ4n) is 4.88. The molecule has 176 valence electrons. The van der Waals surface area contributed by atoms with Crippen LogP contribution in [-0.2, 0) is 16.8 Å². The first-order valence-corrected chi connectivity index (χ1v) is 12.4. The number of hydrogen-bond donors (Lipinski definition) is 2. The third-order valence-electron chi connectivity index (χ3n) is 6.89. The molecule has 1 atom stereocenters. The molecule has 5 rings (SSSR count). The predicted octanol–water partition coefficient (Wildman–Crippen LogP) is 4.57. The molecule has 4 aromatic rings. The zero-order valence-corrected chi connectivity index (χ0v) is 21.0. The molecule has 0 bridgehead atoms. The van der Waals surface area contributed by atoms with Crippen LogP contribution in [0, 0.1) is 13.8 Å². The van der Waals surface area contributed by atoms with Gasteiger partial charge in [-0.2, -0.15) is 0 Å². The second-order valence-electron chi connectivity index (χ2n) is 9.23. The van der Waals surface area contributed by atoms with Crippen LogP contribution < -0.4 is 0 Å². The van der Waals surface area contributed by atoms with E-state index in [2.05, 4.69) is 50.3 Å². The molecule has 0 spiro atoms. The Morgan fingerprint density at radius 3 is 2.85 bits per heavy atom. The van der Waals surface area contributed by atoms with Crippen molar-refractivity contribution in [1.82, 2.24) is 24.9 Å². The van der Waals surface area contributed by atoms with E-state index in [0.29, 0.717) is 44.5 Å². The van der Waals surface area contributed by atoms with Crippen LogP contribution in [0.5, 0.6) is 0 Å². The number of fused-ring (bicyclic) bond motifs is 1. The highest BCUT2D eigenvalue weighted by Gasteiger charge is 2.36. The van der Waals surface area contributed by atoms with Crippen molar-refractivity contribution in [3.05, 3.63) is 75.6 Å². The summed E-state index contributed by atoms with van der Waals surface area (Å²) in [5.41, 5.74) is 4.69. The van der Waals surface area contributed by atoms with Gasteiger partial charge in [-0.25, -0.2) is 4.68 Å². The highest BCUT2D eigenvalue weighted by atomic mass is 79.9. The first-order valence-electron chi connectivity index (χ1n) is 11.6. The number of carbonyl (C=O) groups is 1. The van der Waals surface area contributed by atoms with Crippen LogP contribution in [0.3, 0.4) is 0 Å². The number of nitrogens with zero attached hydrogens (tertiary/aromatic N) is 4. The van der Waals surface area contributed by atoms with E-state index in [1.54, 1.807) is 4.68 Å². The van der Waals surface area contributed by atoms with Gasteiger partial charge in [-0.1, -0.05) is 39.3 Å². The van der Waals surface area contributed by atoms with Crippen LogP contribution in [0.15, 0.2) is 53.3 Å². The van der Waals surface area contributed by atoms with Gasteiger partial charge in [0.2, 0.25) is 5.91 Å². The van der Waals surface area contributed by atoms with E-state index in [1.807, 2.05) is 48.5 Å². The minimum Gasteiger partial charge on any atom is -0.383 e. The summed E-state index contributed by atoms with van der Waals surface area (Å²) in [4.78, 5) is 18.3. The summed E-state index contributed by atoms with van der Waals surface area (Å²) in [5.74, 6) is 0.0841. The SMILES string of the molecule is Cc1cc(Br)ccc1-n1cc(C2(O)CCCN(C(=O)Cc3c[nH]c4c(C)cccc34)CC2)nn1. The number of aryl methyl sites for hydroxylation is 2. The Kier molecular flexibility index (Phi) is 6.04. The van der Waals surface area contributed by atoms with E-state index in [0.717, 1.165) is 32.2 Å². The number of aromatic amines is 1. The third kappa shape index (κ3) is 4.28. The highest BCUT2D eigenvalue weighted by molar-refractivity contribution is 9.10. The maximum Gasteiger partial charge on any atom is 0.227 e. The summed E-state index contributed by atoms with van der Waals surface area (Å²) < 4.78 is 2.71. The van der Waals surface area contributed by atoms with Crippen molar-refractivity contribution in [2.75, 3.05) is 13.1 Å². The number of aliphatic hydroxyl groups is 1. The molecule has 34 heavy (non-hydrogen) atoms. The molecular formula is C26H28BrN5O2. The second kappa shape index (κ2) is 9.00. The summed E-state index contributed by atoms with van der Waals surface area (Å²) in [6, 6.07) is 12.1. The van der Waals surface area contributed by atoms with Crippen molar-refractivity contribution >= 4 is 32.7 Å². The number of hydrogen-bond acceptors (Lipinski definition) is 4. The number of nitrogens with one attached hydrogen (secondary N) is 1. The van der Waals surface area contributed by atoms with Gasteiger partial charge in [0.15, 0.2) is 0 Å². The predicted molar refractivity (Wildman–Crippen MR) is 135 cm³/mol. The summed E-state index contributed by atoms with van der Waals surface area (Å²) >= 11 is 3.49. The lowest BCUT2D eigenvalue weighted by molar-refractivity contribution is -0.130. The number of rotatable bonds is 4. The number of aromatic nitrogens is 4. The maximum absolute atomic E-state index is 13.1. The molecule has 1 fully saturated rings. The van der Waals surface area contributed by atoms with Crippen LogP contribution in [0.4, 0.5) is 0 Å². The molecule has 0 radical (unpaired) electrons. The average Bonchev–Trinajstić information content (AvgIpc) is 3.40. The molecule has 2 N–H and O–H groups in total. The van der Waals surface area contributed by atoms with Crippen molar-refractivity contribution in [3.8, 4) is 5.69 Å². The Balaban J connectivity index is 1.30. The molecule has 8 heteroatoms. The molecule has 0 saturated carbocycles. The topological polar surface area (TPSA) is 87.0 Å². The van der Waals surface area contributed by atoms with Crippen molar-refractivity contribution in [2.45, 2.75) is 45.1 Å². The second-order valence-corrected chi connectivity index (χ2v) is 10.1. The molecule has 0 aliphatic carbocycles. The Labute approximate surface area is 206 Å². The highest BCUT2D eigenvalue weighted by Crippen LogP contribution is 2.32. The van der Waals surface area contributed by atoms with Crippen LogP contribution >= 0.6 is 15.9 Å². The first kappa shape index (κ1) is 22.8. The van der Waals surface area contributed by atoms with Gasteiger partial charge >= 0.3 is 0 Å².